The summed E-state index contributed by atoms with van der Waals surface area (Å²) in [7, 11) is 0. The van der Waals surface area contributed by atoms with Gasteiger partial charge in [0.2, 0.25) is 19.4 Å². The van der Waals surface area contributed by atoms with E-state index >= 15 is 0 Å². The van der Waals surface area contributed by atoms with E-state index in [9.17, 15) is 19.5 Å². The van der Waals surface area contributed by atoms with E-state index < -0.39 is 16.9 Å². The number of aliphatic hydroxyl groups is 1. The summed E-state index contributed by atoms with van der Waals surface area (Å²) in [5.41, 5.74) is 2.05. The fourth-order valence-electron chi connectivity index (χ4n) is 7.37. The first kappa shape index (κ1) is 38.4. The van der Waals surface area contributed by atoms with Gasteiger partial charge in [0.1, 0.15) is 27.7 Å². The molecule has 10 nitrogen and oxygen atoms in total. The summed E-state index contributed by atoms with van der Waals surface area (Å²) in [5.74, 6) is 2.88. The lowest BCUT2D eigenvalue weighted by Crippen LogP contribution is -2.22. The van der Waals surface area contributed by atoms with Crippen molar-refractivity contribution in [3.63, 3.8) is 0 Å². The minimum Gasteiger partial charge on any atom is -0.454 e. The third-order valence-corrected chi connectivity index (χ3v) is 13.7. The molecule has 2 fully saturated rings. The maximum atomic E-state index is 13.1. The molecule has 2 aliphatic carbocycles. The quantitative estimate of drug-likeness (QED) is 0.119. The highest BCUT2D eigenvalue weighted by molar-refractivity contribution is 7.14. The summed E-state index contributed by atoms with van der Waals surface area (Å²) in [6, 6.07) is 25.5. The molecule has 0 amide bonds. The number of rotatable bonds is 12. The monoisotopic (exact) mass is 852 g/mol. The van der Waals surface area contributed by atoms with Gasteiger partial charge in [-0.15, -0.1) is 22.7 Å². The molecule has 4 aromatic carbocycles. The number of aliphatic hydroxyl groups excluding tert-OH is 1. The number of nitrogens with zero attached hydrogens (tertiary/aromatic N) is 2. The van der Waals surface area contributed by atoms with Gasteiger partial charge in [0.05, 0.1) is 38.4 Å². The van der Waals surface area contributed by atoms with Crippen molar-refractivity contribution in [3.05, 3.63) is 149 Å². The Morgan fingerprint density at radius 3 is 1.74 bits per heavy atom. The summed E-state index contributed by atoms with van der Waals surface area (Å²) in [6.45, 7) is 0.427. The Morgan fingerprint density at radius 2 is 1.17 bits per heavy atom. The van der Waals surface area contributed by atoms with Gasteiger partial charge in [0, 0.05) is 28.5 Å². The number of halogens is 2. The number of ketones is 3. The van der Waals surface area contributed by atoms with Crippen LogP contribution in [0.15, 0.2) is 97.3 Å². The number of carbonyl (C=O) groups excluding carboxylic acids is 3. The normalized spacial score (nSPS) is 16.5. The lowest BCUT2D eigenvalue weighted by molar-refractivity contribution is -0.121. The van der Waals surface area contributed by atoms with Crippen LogP contribution in [0.2, 0.25) is 10.0 Å². The number of hydrogen-bond acceptors (Lipinski definition) is 12. The molecule has 1 N–H and O–H groups in total. The Hall–Kier alpha value is -5.11. The van der Waals surface area contributed by atoms with E-state index in [1.165, 1.54) is 28.9 Å². The van der Waals surface area contributed by atoms with Gasteiger partial charge < -0.3 is 24.1 Å². The fourth-order valence-corrected chi connectivity index (χ4v) is 9.62. The second-order valence-electron chi connectivity index (χ2n) is 14.5. The third-order valence-electron chi connectivity index (χ3n) is 11.0. The maximum Gasteiger partial charge on any atom is 0.231 e. The minimum atomic E-state index is -0.853. The highest BCUT2D eigenvalue weighted by Crippen LogP contribution is 2.53. The second kappa shape index (κ2) is 15.6. The largest absolute Gasteiger partial charge is 0.454 e. The summed E-state index contributed by atoms with van der Waals surface area (Å²) in [4.78, 5) is 48.7. The van der Waals surface area contributed by atoms with Crippen molar-refractivity contribution in [2.24, 2.45) is 0 Å². The summed E-state index contributed by atoms with van der Waals surface area (Å²) in [6.07, 6.45) is 6.01. The molecule has 2 saturated carbocycles. The van der Waals surface area contributed by atoms with Crippen LogP contribution < -0.4 is 18.9 Å². The molecule has 2 aliphatic heterocycles. The molecule has 10 rings (SSSR count). The number of thiazole rings is 2. The van der Waals surface area contributed by atoms with Gasteiger partial charge >= 0.3 is 0 Å². The van der Waals surface area contributed by atoms with E-state index in [1.54, 1.807) is 42.6 Å². The molecule has 6 aromatic rings. The lowest BCUT2D eigenvalue weighted by Gasteiger charge is -2.14. The summed E-state index contributed by atoms with van der Waals surface area (Å²) in [5, 5.41) is 12.9. The van der Waals surface area contributed by atoms with E-state index in [2.05, 4.69) is 9.97 Å². The molecule has 1 atom stereocenters. The molecule has 0 bridgehead atoms. The molecule has 0 spiro atoms. The molecule has 0 radical (unpaired) electrons. The highest BCUT2D eigenvalue weighted by Gasteiger charge is 2.52. The van der Waals surface area contributed by atoms with Gasteiger partial charge in [-0.1, -0.05) is 65.7 Å². The average molecular weight is 854 g/mol. The van der Waals surface area contributed by atoms with E-state index in [-0.39, 0.29) is 43.8 Å². The predicted octanol–water partition coefficient (Wildman–Crippen LogP) is 9.05. The number of aromatic nitrogens is 2. The number of Topliss-reactive ketones (excluding diaryl/α,β-unsaturated/α-hetero) is 2. The van der Waals surface area contributed by atoms with Crippen LogP contribution in [0.5, 0.6) is 23.0 Å². The minimum absolute atomic E-state index is 0.113. The van der Waals surface area contributed by atoms with E-state index in [4.69, 9.17) is 42.1 Å². The molecule has 14 heteroatoms. The topological polar surface area (TPSA) is 134 Å². The number of ether oxygens (including phenoxy) is 4. The van der Waals surface area contributed by atoms with Gasteiger partial charge in [0.25, 0.3) is 0 Å². The molecule has 4 aliphatic rings. The Kier molecular flexibility index (Phi) is 10.3. The highest BCUT2D eigenvalue weighted by atomic mass is 35.5. The fraction of sp³-hybridized carbons (Fsp3) is 0.250. The van der Waals surface area contributed by atoms with Crippen LogP contribution in [0, 0.1) is 0 Å². The Morgan fingerprint density at radius 1 is 0.655 bits per heavy atom. The average Bonchev–Trinajstić information content (AvgIpc) is 3.90. The van der Waals surface area contributed by atoms with Crippen molar-refractivity contribution < 1.29 is 38.4 Å². The van der Waals surface area contributed by atoms with E-state index in [0.717, 1.165) is 42.6 Å². The Balaban J connectivity index is 0.000000150. The predicted molar refractivity (Wildman–Crippen MR) is 219 cm³/mol. The van der Waals surface area contributed by atoms with Gasteiger partial charge in [-0.25, -0.2) is 9.97 Å². The van der Waals surface area contributed by atoms with Crippen molar-refractivity contribution >= 4 is 63.2 Å². The van der Waals surface area contributed by atoms with Crippen molar-refractivity contribution in [2.45, 2.75) is 55.5 Å². The SMILES string of the molecule is O=C(Cc1ncc(C(O)c2ccccc2Cl)s1)C1(c2ccc3c(c2)OCO3)CC1.O=C(c1cnc(CC(=O)C2(c3ccc4c(c3)OCO4)CC2)s1)c1ccccc1Cl. The Bertz CT molecular complexity index is 2580. The van der Waals surface area contributed by atoms with Gasteiger partial charge in [-0.2, -0.15) is 0 Å². The van der Waals surface area contributed by atoms with Gasteiger partial charge in [0.15, 0.2) is 23.0 Å². The Labute approximate surface area is 351 Å². The van der Waals surface area contributed by atoms with Crippen LogP contribution >= 0.6 is 45.9 Å². The van der Waals surface area contributed by atoms with Crippen molar-refractivity contribution in [1.82, 2.24) is 9.97 Å². The molecule has 1 unspecified atom stereocenters. The smallest absolute Gasteiger partial charge is 0.231 e. The zero-order valence-corrected chi connectivity index (χ0v) is 33.9. The van der Waals surface area contributed by atoms with Crippen molar-refractivity contribution in [1.29, 1.82) is 0 Å². The molecular weight excluding hydrogens is 820 g/mol. The zero-order chi connectivity index (χ0) is 40.0. The second-order valence-corrected chi connectivity index (χ2v) is 17.6. The number of benzene rings is 4. The molecule has 0 saturated heterocycles. The van der Waals surface area contributed by atoms with E-state index in [1.807, 2.05) is 48.5 Å². The van der Waals surface area contributed by atoms with Crippen LogP contribution in [0.3, 0.4) is 0 Å². The first-order valence-electron chi connectivity index (χ1n) is 18.6. The zero-order valence-electron chi connectivity index (χ0n) is 30.7. The van der Waals surface area contributed by atoms with Gasteiger partial charge in [-0.3, -0.25) is 14.4 Å². The van der Waals surface area contributed by atoms with Crippen molar-refractivity contribution in [3.8, 4) is 23.0 Å². The standard InChI is InChI=1S/C22H18ClNO4S.C22H16ClNO4S/c2*23-15-4-2-1-3-14(15)21(26)18-11-24-20(29-18)10-19(25)22(7-8-22)13-5-6-16-17(9-13)28-12-27-16/h1-6,9,11,21,26H,7-8,10,12H2;1-6,9,11H,7-8,10,12H2. The van der Waals surface area contributed by atoms with Crippen LogP contribution in [0.4, 0.5) is 0 Å². The maximum absolute atomic E-state index is 13.1. The van der Waals surface area contributed by atoms with Crippen LogP contribution in [-0.4, -0.2) is 46.0 Å². The molecule has 4 heterocycles. The van der Waals surface area contributed by atoms with Crippen LogP contribution in [0.1, 0.15) is 78.6 Å². The van der Waals surface area contributed by atoms with Crippen LogP contribution in [0.25, 0.3) is 0 Å². The third kappa shape index (κ3) is 7.39. The molecular formula is C44H34Cl2N2O8S2. The summed E-state index contributed by atoms with van der Waals surface area (Å²) >= 11 is 14.9. The number of carbonyl (C=O) groups is 3. The first-order chi connectivity index (χ1) is 28.1. The number of fused-ring (bicyclic) bond motifs is 2. The summed E-state index contributed by atoms with van der Waals surface area (Å²) < 4.78 is 21.6. The van der Waals surface area contributed by atoms with Gasteiger partial charge in [-0.05, 0) is 79.3 Å². The lowest BCUT2D eigenvalue weighted by atomic mass is 9.89. The molecule has 58 heavy (non-hydrogen) atoms. The van der Waals surface area contributed by atoms with Crippen molar-refractivity contribution in [2.75, 3.05) is 13.6 Å². The first-order valence-corrected chi connectivity index (χ1v) is 21.0. The van der Waals surface area contributed by atoms with E-state index in [0.29, 0.717) is 58.2 Å². The number of hydrogen-bond donors (Lipinski definition) is 1. The molecule has 294 valence electrons. The van der Waals surface area contributed by atoms with Crippen LogP contribution in [-0.2, 0) is 33.3 Å². The molecule has 2 aromatic heterocycles.